The third kappa shape index (κ3) is 2.02. The summed E-state index contributed by atoms with van der Waals surface area (Å²) in [7, 11) is 0. The molecule has 18 heavy (non-hydrogen) atoms. The van der Waals surface area contributed by atoms with Crippen molar-refractivity contribution >= 4 is 22.5 Å². The monoisotopic (exact) mass is 255 g/mol. The van der Waals surface area contributed by atoms with Gasteiger partial charge in [0.05, 0.1) is 0 Å². The maximum absolute atomic E-state index is 6.20. The fourth-order valence-electron chi connectivity index (χ4n) is 2.27. The molecule has 0 aliphatic carbocycles. The Morgan fingerprint density at radius 2 is 1.89 bits per heavy atom. The fourth-order valence-corrected chi connectivity index (χ4v) is 2.46. The maximum atomic E-state index is 6.20. The molecule has 0 aliphatic rings. The van der Waals surface area contributed by atoms with Crippen LogP contribution in [-0.2, 0) is 6.54 Å². The summed E-state index contributed by atoms with van der Waals surface area (Å²) in [5.74, 6) is 0. The second kappa shape index (κ2) is 4.51. The van der Waals surface area contributed by atoms with Gasteiger partial charge >= 0.3 is 0 Å². The van der Waals surface area contributed by atoms with Gasteiger partial charge in [0.25, 0.3) is 0 Å². The van der Waals surface area contributed by atoms with Crippen LogP contribution in [-0.4, -0.2) is 4.57 Å². The molecular weight excluding hydrogens is 242 g/mol. The van der Waals surface area contributed by atoms with Gasteiger partial charge in [-0.2, -0.15) is 0 Å². The van der Waals surface area contributed by atoms with Gasteiger partial charge in [-0.1, -0.05) is 41.4 Å². The van der Waals surface area contributed by atoms with E-state index in [1.165, 1.54) is 16.5 Å². The van der Waals surface area contributed by atoms with Crippen LogP contribution < -0.4 is 0 Å². The third-order valence-corrected chi connectivity index (χ3v) is 3.59. The lowest BCUT2D eigenvalue weighted by Crippen LogP contribution is -1.98. The zero-order chi connectivity index (χ0) is 12.5. The summed E-state index contributed by atoms with van der Waals surface area (Å²) in [4.78, 5) is 0. The van der Waals surface area contributed by atoms with Crippen LogP contribution in [0.3, 0.4) is 0 Å². The Morgan fingerprint density at radius 3 is 2.72 bits per heavy atom. The van der Waals surface area contributed by atoms with Crippen molar-refractivity contribution in [2.24, 2.45) is 0 Å². The van der Waals surface area contributed by atoms with Gasteiger partial charge in [-0.25, -0.2) is 0 Å². The number of hydrogen-bond donors (Lipinski definition) is 0. The Kier molecular flexibility index (Phi) is 2.85. The van der Waals surface area contributed by atoms with Crippen LogP contribution in [0.15, 0.2) is 54.7 Å². The molecule has 1 heterocycles. The van der Waals surface area contributed by atoms with Crippen molar-refractivity contribution < 1.29 is 0 Å². The quantitative estimate of drug-likeness (QED) is 0.628. The third-order valence-electron chi connectivity index (χ3n) is 3.23. The van der Waals surface area contributed by atoms with Gasteiger partial charge in [0.2, 0.25) is 0 Å². The summed E-state index contributed by atoms with van der Waals surface area (Å²) in [6, 6.07) is 16.7. The molecule has 0 amide bonds. The topological polar surface area (TPSA) is 4.93 Å². The number of aromatic nitrogens is 1. The first-order chi connectivity index (χ1) is 8.74. The minimum absolute atomic E-state index is 0.812. The molecule has 0 saturated carbocycles. The molecule has 0 N–H and O–H groups in total. The van der Waals surface area contributed by atoms with Gasteiger partial charge in [0.15, 0.2) is 0 Å². The molecule has 3 rings (SSSR count). The first-order valence-corrected chi connectivity index (χ1v) is 6.41. The summed E-state index contributed by atoms with van der Waals surface area (Å²) in [6.45, 7) is 2.93. The molecule has 1 nitrogen and oxygen atoms in total. The largest absolute Gasteiger partial charge is 0.343 e. The van der Waals surface area contributed by atoms with Crippen LogP contribution in [0.2, 0.25) is 5.02 Å². The lowest BCUT2D eigenvalue weighted by molar-refractivity contribution is 0.837. The van der Waals surface area contributed by atoms with Crippen molar-refractivity contribution in [2.45, 2.75) is 13.5 Å². The van der Waals surface area contributed by atoms with E-state index in [0.717, 1.165) is 17.1 Å². The molecule has 0 radical (unpaired) electrons. The van der Waals surface area contributed by atoms with Crippen molar-refractivity contribution in [3.05, 3.63) is 70.9 Å². The van der Waals surface area contributed by atoms with E-state index < -0.39 is 0 Å². The van der Waals surface area contributed by atoms with E-state index in [-0.39, 0.29) is 0 Å². The van der Waals surface area contributed by atoms with Gasteiger partial charge in [0, 0.05) is 23.3 Å². The zero-order valence-electron chi connectivity index (χ0n) is 10.2. The molecule has 2 heteroatoms. The van der Waals surface area contributed by atoms with E-state index >= 15 is 0 Å². The number of hydrogen-bond acceptors (Lipinski definition) is 0. The highest BCUT2D eigenvalue weighted by atomic mass is 35.5. The van der Waals surface area contributed by atoms with Gasteiger partial charge in [-0.05, 0) is 42.1 Å². The Labute approximate surface area is 112 Å². The van der Waals surface area contributed by atoms with Gasteiger partial charge in [-0.15, -0.1) is 0 Å². The molecule has 0 spiro atoms. The molecule has 0 atom stereocenters. The second-order valence-electron chi connectivity index (χ2n) is 4.60. The number of benzene rings is 2. The van der Waals surface area contributed by atoms with Crippen LogP contribution in [0.4, 0.5) is 0 Å². The summed E-state index contributed by atoms with van der Waals surface area (Å²) >= 11 is 6.20. The number of fused-ring (bicyclic) bond motifs is 1. The molecular formula is C16H14ClN. The zero-order valence-corrected chi connectivity index (χ0v) is 11.0. The Bertz CT molecular complexity index is 697. The second-order valence-corrected chi connectivity index (χ2v) is 5.00. The Hall–Kier alpha value is -1.73. The highest BCUT2D eigenvalue weighted by Gasteiger charge is 2.04. The van der Waals surface area contributed by atoms with Crippen LogP contribution in [0.5, 0.6) is 0 Å². The van der Waals surface area contributed by atoms with Gasteiger partial charge in [-0.3, -0.25) is 0 Å². The van der Waals surface area contributed by atoms with Gasteiger partial charge in [0.1, 0.15) is 0 Å². The predicted octanol–water partition coefficient (Wildman–Crippen LogP) is 4.65. The molecule has 3 aromatic rings. The molecule has 2 aromatic carbocycles. The number of rotatable bonds is 2. The van der Waals surface area contributed by atoms with E-state index in [1.54, 1.807) is 0 Å². The van der Waals surface area contributed by atoms with Crippen molar-refractivity contribution in [3.63, 3.8) is 0 Å². The average molecular weight is 256 g/mol. The molecule has 90 valence electrons. The number of nitrogens with zero attached hydrogens (tertiary/aromatic N) is 1. The normalized spacial score (nSPS) is 11.0. The standard InChI is InChI=1S/C16H14ClN/c1-12-6-7-16-13(10-12)8-9-18(16)11-14-4-2-3-5-15(14)17/h2-10H,11H2,1H3. The van der Waals surface area contributed by atoms with Crippen molar-refractivity contribution in [3.8, 4) is 0 Å². The minimum Gasteiger partial charge on any atom is -0.343 e. The molecule has 0 bridgehead atoms. The smallest absolute Gasteiger partial charge is 0.0490 e. The highest BCUT2D eigenvalue weighted by molar-refractivity contribution is 6.31. The first-order valence-electron chi connectivity index (χ1n) is 6.03. The first kappa shape index (κ1) is 11.4. The van der Waals surface area contributed by atoms with Crippen LogP contribution >= 0.6 is 11.6 Å². The van der Waals surface area contributed by atoms with Crippen molar-refractivity contribution in [1.82, 2.24) is 4.57 Å². The predicted molar refractivity (Wildman–Crippen MR) is 77.2 cm³/mol. The van der Waals surface area contributed by atoms with E-state index in [9.17, 15) is 0 Å². The lowest BCUT2D eigenvalue weighted by atomic mass is 10.2. The van der Waals surface area contributed by atoms with Crippen molar-refractivity contribution in [2.75, 3.05) is 0 Å². The fraction of sp³-hybridized carbons (Fsp3) is 0.125. The lowest BCUT2D eigenvalue weighted by Gasteiger charge is -2.07. The summed E-state index contributed by atoms with van der Waals surface area (Å²) in [5, 5.41) is 2.11. The Morgan fingerprint density at radius 1 is 1.06 bits per heavy atom. The molecule has 0 unspecified atom stereocenters. The van der Waals surface area contributed by atoms with E-state index in [4.69, 9.17) is 11.6 Å². The van der Waals surface area contributed by atoms with E-state index in [0.29, 0.717) is 0 Å². The SMILES string of the molecule is Cc1ccc2c(ccn2Cc2ccccc2Cl)c1. The number of halogens is 1. The van der Waals surface area contributed by atoms with Crippen LogP contribution in [0.25, 0.3) is 10.9 Å². The van der Waals surface area contributed by atoms with Crippen molar-refractivity contribution in [1.29, 1.82) is 0 Å². The average Bonchev–Trinajstić information content (AvgIpc) is 2.74. The Balaban J connectivity index is 2.03. The summed E-state index contributed by atoms with van der Waals surface area (Å²) in [6.07, 6.45) is 2.12. The molecule has 0 saturated heterocycles. The molecule has 1 aromatic heterocycles. The minimum atomic E-state index is 0.812. The van der Waals surface area contributed by atoms with Gasteiger partial charge < -0.3 is 4.57 Å². The van der Waals surface area contributed by atoms with Crippen LogP contribution in [0, 0.1) is 6.92 Å². The molecule has 0 fully saturated rings. The molecule has 0 aliphatic heterocycles. The summed E-state index contributed by atoms with van der Waals surface area (Å²) < 4.78 is 2.23. The highest BCUT2D eigenvalue weighted by Crippen LogP contribution is 2.21. The van der Waals surface area contributed by atoms with E-state index in [1.807, 2.05) is 18.2 Å². The maximum Gasteiger partial charge on any atom is 0.0490 e. The van der Waals surface area contributed by atoms with Crippen LogP contribution in [0.1, 0.15) is 11.1 Å². The summed E-state index contributed by atoms with van der Waals surface area (Å²) in [5.41, 5.74) is 3.69. The van der Waals surface area contributed by atoms with E-state index in [2.05, 4.69) is 48.0 Å². The number of aryl methyl sites for hydroxylation is 1.